The van der Waals surface area contributed by atoms with Gasteiger partial charge in [-0.3, -0.25) is 14.9 Å². The van der Waals surface area contributed by atoms with Crippen LogP contribution in [-0.2, 0) is 14.4 Å². The molecule has 0 rings (SSSR count). The van der Waals surface area contributed by atoms with Crippen molar-refractivity contribution in [1.82, 2.24) is 5.32 Å². The first-order valence-electron chi connectivity index (χ1n) is 3.27. The van der Waals surface area contributed by atoms with Crippen molar-refractivity contribution in [1.29, 1.82) is 5.41 Å². The molecule has 0 aromatic carbocycles. The van der Waals surface area contributed by atoms with Crippen molar-refractivity contribution >= 4 is 24.1 Å². The Balaban J connectivity index is 0. The van der Waals surface area contributed by atoms with Gasteiger partial charge in [0.1, 0.15) is 6.21 Å². The fourth-order valence-corrected chi connectivity index (χ4v) is 0.276. The summed E-state index contributed by atoms with van der Waals surface area (Å²) in [7, 11) is 0. The first kappa shape index (κ1) is 14.6. The molecule has 0 saturated carbocycles. The topological polar surface area (TPSA) is 148 Å². The molecule has 0 aliphatic carbocycles. The third-order valence-corrected chi connectivity index (χ3v) is 0.676. The summed E-state index contributed by atoms with van der Waals surface area (Å²) in [4.78, 5) is 28.6. The maximum Gasteiger partial charge on any atom is 0.346 e. The van der Waals surface area contributed by atoms with E-state index in [1.807, 2.05) is 0 Å². The summed E-state index contributed by atoms with van der Waals surface area (Å²) in [5.74, 6) is -3.32. The highest BCUT2D eigenvalue weighted by molar-refractivity contribution is 6.20. The molecule has 0 fully saturated rings. The van der Waals surface area contributed by atoms with Crippen LogP contribution in [0.15, 0.2) is 0 Å². The predicted octanol–water partition coefficient (Wildman–Crippen LogP) is -1.53. The van der Waals surface area contributed by atoms with Crippen LogP contribution in [0.2, 0.25) is 0 Å². The third kappa shape index (κ3) is 22.5. The molecule has 0 amide bonds. The Morgan fingerprint density at radius 3 is 1.50 bits per heavy atom. The Labute approximate surface area is 78.7 Å². The fraction of sp³-hybridized carbons (Fsp3) is 0.333. The fourth-order valence-electron chi connectivity index (χ4n) is 0.276. The molecular formula is C6H10N2O6. The molecule has 0 aromatic heterocycles. The van der Waals surface area contributed by atoms with Gasteiger partial charge >= 0.3 is 17.9 Å². The van der Waals surface area contributed by atoms with Crippen molar-refractivity contribution in [2.45, 2.75) is 0 Å². The van der Waals surface area contributed by atoms with Gasteiger partial charge in [-0.1, -0.05) is 0 Å². The normalized spacial score (nSPS) is 8.00. The molecule has 0 aromatic rings. The lowest BCUT2D eigenvalue weighted by Crippen LogP contribution is -2.27. The van der Waals surface area contributed by atoms with Crippen molar-refractivity contribution in [3.8, 4) is 0 Å². The van der Waals surface area contributed by atoms with Gasteiger partial charge in [-0.25, -0.2) is 4.79 Å². The van der Waals surface area contributed by atoms with Crippen LogP contribution in [0, 0.1) is 5.41 Å². The van der Waals surface area contributed by atoms with E-state index < -0.39 is 17.9 Å². The van der Waals surface area contributed by atoms with E-state index in [9.17, 15) is 9.59 Å². The van der Waals surface area contributed by atoms with Crippen molar-refractivity contribution in [3.05, 3.63) is 0 Å². The van der Waals surface area contributed by atoms with Crippen molar-refractivity contribution in [2.24, 2.45) is 0 Å². The largest absolute Gasteiger partial charge is 0.480 e. The quantitative estimate of drug-likeness (QED) is 0.342. The molecule has 0 unspecified atom stereocenters. The summed E-state index contributed by atoms with van der Waals surface area (Å²) in [5, 5.41) is 31.5. The molecule has 0 aliphatic rings. The van der Waals surface area contributed by atoms with Crippen LogP contribution in [0.1, 0.15) is 0 Å². The Morgan fingerprint density at radius 1 is 1.07 bits per heavy atom. The van der Waals surface area contributed by atoms with Crippen molar-refractivity contribution < 1.29 is 29.7 Å². The third-order valence-electron chi connectivity index (χ3n) is 0.676. The first-order chi connectivity index (χ1) is 6.40. The summed E-state index contributed by atoms with van der Waals surface area (Å²) in [5.41, 5.74) is 0. The van der Waals surface area contributed by atoms with Gasteiger partial charge in [0.25, 0.3) is 0 Å². The number of aliphatic carboxylic acids is 3. The lowest BCUT2D eigenvalue weighted by Gasteiger charge is -1.93. The Kier molecular flexibility index (Phi) is 9.49. The van der Waals surface area contributed by atoms with E-state index in [1.165, 1.54) is 0 Å². The molecule has 0 atom stereocenters. The molecule has 0 spiro atoms. The molecule has 8 heteroatoms. The first-order valence-corrected chi connectivity index (χ1v) is 3.27. The van der Waals surface area contributed by atoms with Gasteiger partial charge < -0.3 is 20.7 Å². The molecule has 0 aliphatic heterocycles. The maximum absolute atomic E-state index is 9.73. The molecule has 80 valence electrons. The van der Waals surface area contributed by atoms with Gasteiger partial charge in [-0.05, 0) is 0 Å². The molecule has 0 saturated heterocycles. The lowest BCUT2D eigenvalue weighted by molar-refractivity contribution is -0.137. The highest BCUT2D eigenvalue weighted by Gasteiger charge is 1.97. The average Bonchev–Trinajstić information content (AvgIpc) is 2.04. The standard InChI is InChI=1S/C4H7NO4.C2H3NO2/c6-3(7)1-5-2-4(8)9;3-1-2(4)5/h5H,1-2H2,(H,6,7)(H,8,9);1,3H,(H,4,5). The van der Waals surface area contributed by atoms with Gasteiger partial charge in [-0.2, -0.15) is 0 Å². The number of nitrogens with one attached hydrogen (secondary N) is 2. The minimum Gasteiger partial charge on any atom is -0.480 e. The molecular weight excluding hydrogens is 196 g/mol. The molecule has 5 N–H and O–H groups in total. The summed E-state index contributed by atoms with van der Waals surface area (Å²) < 4.78 is 0. The van der Waals surface area contributed by atoms with Gasteiger partial charge in [0.05, 0.1) is 13.1 Å². The zero-order valence-corrected chi connectivity index (χ0v) is 7.06. The Bertz CT molecular complexity index is 212. The summed E-state index contributed by atoms with van der Waals surface area (Å²) >= 11 is 0. The monoisotopic (exact) mass is 206 g/mol. The number of rotatable bonds is 5. The number of carboxylic acids is 3. The van der Waals surface area contributed by atoms with Crippen LogP contribution in [0.4, 0.5) is 0 Å². The Hall–Kier alpha value is -1.96. The van der Waals surface area contributed by atoms with E-state index in [0.717, 1.165) is 0 Å². The van der Waals surface area contributed by atoms with Gasteiger partial charge in [0.2, 0.25) is 0 Å². The minimum atomic E-state index is -1.20. The van der Waals surface area contributed by atoms with Crippen LogP contribution in [0.25, 0.3) is 0 Å². The van der Waals surface area contributed by atoms with Crippen LogP contribution < -0.4 is 5.32 Å². The van der Waals surface area contributed by atoms with E-state index in [-0.39, 0.29) is 13.1 Å². The molecule has 0 radical (unpaired) electrons. The summed E-state index contributed by atoms with van der Waals surface area (Å²) in [6, 6.07) is 0. The smallest absolute Gasteiger partial charge is 0.346 e. The van der Waals surface area contributed by atoms with Crippen LogP contribution in [-0.4, -0.2) is 52.5 Å². The van der Waals surface area contributed by atoms with Crippen molar-refractivity contribution in [3.63, 3.8) is 0 Å². The molecule has 0 heterocycles. The van der Waals surface area contributed by atoms with E-state index in [4.69, 9.17) is 25.5 Å². The highest BCUT2D eigenvalue weighted by Crippen LogP contribution is 1.61. The maximum atomic E-state index is 9.73. The van der Waals surface area contributed by atoms with Crippen LogP contribution in [0.5, 0.6) is 0 Å². The molecule has 14 heavy (non-hydrogen) atoms. The van der Waals surface area contributed by atoms with E-state index >= 15 is 0 Å². The zero-order valence-electron chi connectivity index (χ0n) is 7.06. The van der Waals surface area contributed by atoms with Crippen LogP contribution >= 0.6 is 0 Å². The second-order valence-corrected chi connectivity index (χ2v) is 1.87. The number of carboxylic acid groups (broad SMARTS) is 3. The van der Waals surface area contributed by atoms with E-state index in [2.05, 4.69) is 5.32 Å². The second-order valence-electron chi connectivity index (χ2n) is 1.87. The SMILES string of the molecule is N=CC(=O)O.O=C(O)CNCC(=O)O. The number of hydrogen-bond donors (Lipinski definition) is 5. The predicted molar refractivity (Wildman–Crippen MR) is 44.6 cm³/mol. The number of carbonyl (C=O) groups is 3. The van der Waals surface area contributed by atoms with Gasteiger partial charge in [0.15, 0.2) is 0 Å². The highest BCUT2D eigenvalue weighted by atomic mass is 16.4. The average molecular weight is 206 g/mol. The zero-order chi connectivity index (χ0) is 11.6. The summed E-state index contributed by atoms with van der Waals surface area (Å²) in [6.07, 6.45) is 0.333. The summed E-state index contributed by atoms with van der Waals surface area (Å²) in [6.45, 7) is -0.626. The van der Waals surface area contributed by atoms with Gasteiger partial charge in [0, 0.05) is 0 Å². The van der Waals surface area contributed by atoms with E-state index in [1.54, 1.807) is 0 Å². The minimum absolute atomic E-state index is 0.313. The van der Waals surface area contributed by atoms with E-state index in [0.29, 0.717) is 6.21 Å². The van der Waals surface area contributed by atoms with Crippen LogP contribution in [0.3, 0.4) is 0 Å². The lowest BCUT2D eigenvalue weighted by atomic mass is 10.6. The second kappa shape index (κ2) is 9.13. The molecule has 8 nitrogen and oxygen atoms in total. The number of hydrogen-bond acceptors (Lipinski definition) is 5. The van der Waals surface area contributed by atoms with Gasteiger partial charge in [-0.15, -0.1) is 0 Å². The van der Waals surface area contributed by atoms with Crippen molar-refractivity contribution in [2.75, 3.05) is 13.1 Å². The molecule has 0 bridgehead atoms. The Morgan fingerprint density at radius 2 is 1.36 bits per heavy atom.